The van der Waals surface area contributed by atoms with Gasteiger partial charge in [-0.1, -0.05) is 50.2 Å². The van der Waals surface area contributed by atoms with E-state index in [2.05, 4.69) is 60.2 Å². The molecule has 4 aromatic rings. The number of aryl methyl sites for hydroxylation is 1. The van der Waals surface area contributed by atoms with Crippen LogP contribution >= 0.6 is 0 Å². The Balaban J connectivity index is 1.40. The number of fused-ring (bicyclic) bond motifs is 1. The van der Waals surface area contributed by atoms with E-state index in [1.54, 1.807) is 7.11 Å². The van der Waals surface area contributed by atoms with Crippen molar-refractivity contribution in [2.24, 2.45) is 0 Å². The fourth-order valence-electron chi connectivity index (χ4n) is 4.40. The van der Waals surface area contributed by atoms with Crippen molar-refractivity contribution in [2.45, 2.75) is 39.7 Å². The van der Waals surface area contributed by atoms with Crippen LogP contribution < -0.4 is 21.1 Å². The number of carbonyl (C=O) groups excluding carboxylic acids is 1. The van der Waals surface area contributed by atoms with Crippen LogP contribution in [0.2, 0.25) is 0 Å². The number of rotatable bonds is 8. The molecule has 1 heterocycles. The molecule has 0 atom stereocenters. The third-order valence-corrected chi connectivity index (χ3v) is 6.39. The first-order valence-electron chi connectivity index (χ1n) is 12.1. The van der Waals surface area contributed by atoms with Gasteiger partial charge >= 0.3 is 6.03 Å². The number of hydrogen-bond acceptors (Lipinski definition) is 3. The smallest absolute Gasteiger partial charge is 0.319 e. The molecule has 4 N–H and O–H groups in total. The summed E-state index contributed by atoms with van der Waals surface area (Å²) in [6.45, 7) is 7.81. The number of methoxy groups -OCH3 is 1. The molecule has 0 spiro atoms. The van der Waals surface area contributed by atoms with E-state index in [1.165, 1.54) is 11.1 Å². The normalized spacial score (nSPS) is 11.1. The Hall–Kier alpha value is -3.93. The zero-order valence-electron chi connectivity index (χ0n) is 20.9. The summed E-state index contributed by atoms with van der Waals surface area (Å²) in [5.41, 5.74) is 13.5. The highest BCUT2D eigenvalue weighted by Gasteiger charge is 2.16. The highest BCUT2D eigenvalue weighted by atomic mass is 16.5. The van der Waals surface area contributed by atoms with Gasteiger partial charge in [-0.25, -0.2) is 4.79 Å². The minimum Gasteiger partial charge on any atom is -0.497 e. The van der Waals surface area contributed by atoms with E-state index in [0.29, 0.717) is 12.5 Å². The Morgan fingerprint density at radius 1 is 1.03 bits per heavy atom. The first-order valence-corrected chi connectivity index (χ1v) is 12.1. The minimum absolute atomic E-state index is 0.217. The van der Waals surface area contributed by atoms with E-state index < -0.39 is 0 Å². The second-order valence-corrected chi connectivity index (χ2v) is 8.99. The van der Waals surface area contributed by atoms with Crippen molar-refractivity contribution < 1.29 is 9.53 Å². The summed E-state index contributed by atoms with van der Waals surface area (Å²) in [7, 11) is 1.66. The van der Waals surface area contributed by atoms with Crippen LogP contribution in [0.5, 0.6) is 5.75 Å². The SMILES string of the molecule is CCn1c(-c2ccc(NC(=O)NCCc3ccc(C(C)C)cc3)cc2)c(N)c2ccc(OC)cc21. The number of ether oxygens (including phenoxy) is 1. The van der Waals surface area contributed by atoms with Gasteiger partial charge in [0, 0.05) is 35.8 Å². The van der Waals surface area contributed by atoms with Crippen LogP contribution in [0.1, 0.15) is 37.8 Å². The lowest BCUT2D eigenvalue weighted by Gasteiger charge is -2.11. The highest BCUT2D eigenvalue weighted by molar-refractivity contribution is 6.01. The summed E-state index contributed by atoms with van der Waals surface area (Å²) in [6.07, 6.45) is 0.788. The second kappa shape index (κ2) is 10.6. The lowest BCUT2D eigenvalue weighted by molar-refractivity contribution is 0.252. The van der Waals surface area contributed by atoms with Crippen LogP contribution in [-0.4, -0.2) is 24.3 Å². The first kappa shape index (κ1) is 24.2. The average molecular weight is 471 g/mol. The number of nitrogen functional groups attached to an aromatic ring is 1. The van der Waals surface area contributed by atoms with Crippen molar-refractivity contribution in [2.75, 3.05) is 24.7 Å². The number of carbonyl (C=O) groups is 1. The molecule has 35 heavy (non-hydrogen) atoms. The van der Waals surface area contributed by atoms with Crippen molar-refractivity contribution in [1.29, 1.82) is 0 Å². The third-order valence-electron chi connectivity index (χ3n) is 6.39. The Morgan fingerprint density at radius 3 is 2.37 bits per heavy atom. The fourth-order valence-corrected chi connectivity index (χ4v) is 4.40. The standard InChI is InChI=1S/C29H34N4O2/c1-5-33-26-18-24(35-4)14-15-25(26)27(30)28(33)22-10-12-23(13-11-22)32-29(34)31-17-16-20-6-8-21(9-7-20)19(2)3/h6-15,18-19H,5,16-17,30H2,1-4H3,(H2,31,32,34). The van der Waals surface area contributed by atoms with Crippen molar-refractivity contribution >= 4 is 28.3 Å². The monoisotopic (exact) mass is 470 g/mol. The molecule has 2 amide bonds. The van der Waals surface area contributed by atoms with Crippen LogP contribution in [0, 0.1) is 0 Å². The van der Waals surface area contributed by atoms with E-state index in [0.717, 1.165) is 52.3 Å². The maximum atomic E-state index is 12.4. The van der Waals surface area contributed by atoms with Gasteiger partial charge in [-0.3, -0.25) is 0 Å². The molecular weight excluding hydrogens is 436 g/mol. The number of benzene rings is 3. The van der Waals surface area contributed by atoms with E-state index >= 15 is 0 Å². The van der Waals surface area contributed by atoms with Crippen molar-refractivity contribution in [1.82, 2.24) is 9.88 Å². The van der Waals surface area contributed by atoms with Gasteiger partial charge in [0.05, 0.1) is 24.0 Å². The van der Waals surface area contributed by atoms with Crippen LogP contribution in [0.25, 0.3) is 22.2 Å². The Bertz CT molecular complexity index is 1310. The van der Waals surface area contributed by atoms with Gasteiger partial charge in [0.1, 0.15) is 5.75 Å². The van der Waals surface area contributed by atoms with Crippen LogP contribution in [-0.2, 0) is 13.0 Å². The molecule has 0 unspecified atom stereocenters. The molecule has 0 aliphatic heterocycles. The van der Waals surface area contributed by atoms with Gasteiger partial charge in [0.25, 0.3) is 0 Å². The highest BCUT2D eigenvalue weighted by Crippen LogP contribution is 2.37. The Morgan fingerprint density at radius 2 is 1.74 bits per heavy atom. The van der Waals surface area contributed by atoms with Crippen LogP contribution in [0.3, 0.4) is 0 Å². The average Bonchev–Trinajstić information content (AvgIpc) is 3.15. The zero-order chi connectivity index (χ0) is 24.9. The maximum absolute atomic E-state index is 12.4. The molecule has 1 aromatic heterocycles. The molecule has 0 saturated carbocycles. The number of nitrogens with one attached hydrogen (secondary N) is 2. The molecule has 0 fully saturated rings. The molecule has 3 aromatic carbocycles. The number of anilines is 2. The van der Waals surface area contributed by atoms with Crippen molar-refractivity contribution in [3.8, 4) is 17.0 Å². The van der Waals surface area contributed by atoms with Crippen molar-refractivity contribution in [3.63, 3.8) is 0 Å². The number of nitrogens with zero attached hydrogens (tertiary/aromatic N) is 1. The zero-order valence-corrected chi connectivity index (χ0v) is 20.9. The number of nitrogens with two attached hydrogens (primary N) is 1. The second-order valence-electron chi connectivity index (χ2n) is 8.99. The van der Waals surface area contributed by atoms with Crippen molar-refractivity contribution in [3.05, 3.63) is 77.9 Å². The molecule has 0 radical (unpaired) electrons. The summed E-state index contributed by atoms with van der Waals surface area (Å²) in [5.74, 6) is 1.32. The fraction of sp³-hybridized carbons (Fsp3) is 0.276. The molecule has 4 rings (SSSR count). The van der Waals surface area contributed by atoms with E-state index in [-0.39, 0.29) is 6.03 Å². The summed E-state index contributed by atoms with van der Waals surface area (Å²) in [4.78, 5) is 12.4. The molecule has 0 saturated heterocycles. The molecule has 0 aliphatic rings. The van der Waals surface area contributed by atoms with Gasteiger partial charge in [-0.2, -0.15) is 0 Å². The lowest BCUT2D eigenvalue weighted by atomic mass is 10.0. The van der Waals surface area contributed by atoms with Crippen LogP contribution in [0.15, 0.2) is 66.7 Å². The topological polar surface area (TPSA) is 81.3 Å². The Kier molecular flexibility index (Phi) is 7.30. The number of hydrogen-bond donors (Lipinski definition) is 3. The number of aromatic nitrogens is 1. The molecule has 6 heteroatoms. The van der Waals surface area contributed by atoms with Gasteiger partial charge < -0.3 is 25.7 Å². The summed E-state index contributed by atoms with van der Waals surface area (Å²) >= 11 is 0. The molecule has 6 nitrogen and oxygen atoms in total. The largest absolute Gasteiger partial charge is 0.497 e. The predicted molar refractivity (Wildman–Crippen MR) is 145 cm³/mol. The predicted octanol–water partition coefficient (Wildman–Crippen LogP) is 6.41. The number of urea groups is 1. The van der Waals surface area contributed by atoms with E-state index in [9.17, 15) is 4.79 Å². The molecule has 0 bridgehead atoms. The summed E-state index contributed by atoms with van der Waals surface area (Å²) in [6, 6.07) is 22.1. The first-order chi connectivity index (χ1) is 16.9. The minimum atomic E-state index is -0.217. The van der Waals surface area contributed by atoms with E-state index in [4.69, 9.17) is 10.5 Å². The quantitative estimate of drug-likeness (QED) is 0.278. The molecular formula is C29H34N4O2. The third kappa shape index (κ3) is 5.27. The molecule has 182 valence electrons. The summed E-state index contributed by atoms with van der Waals surface area (Å²) < 4.78 is 7.59. The molecule has 0 aliphatic carbocycles. The van der Waals surface area contributed by atoms with Crippen LogP contribution in [0.4, 0.5) is 16.2 Å². The number of amides is 2. The lowest BCUT2D eigenvalue weighted by Crippen LogP contribution is -2.30. The summed E-state index contributed by atoms with van der Waals surface area (Å²) in [5, 5.41) is 6.85. The van der Waals surface area contributed by atoms with Gasteiger partial charge in [0.15, 0.2) is 0 Å². The maximum Gasteiger partial charge on any atom is 0.319 e. The van der Waals surface area contributed by atoms with E-state index in [1.807, 2.05) is 42.5 Å². The Labute approximate surface area is 207 Å². The van der Waals surface area contributed by atoms with Gasteiger partial charge in [0.2, 0.25) is 0 Å². The van der Waals surface area contributed by atoms with Gasteiger partial charge in [-0.05, 0) is 54.7 Å². The van der Waals surface area contributed by atoms with Gasteiger partial charge in [-0.15, -0.1) is 0 Å².